The zero-order valence-electron chi connectivity index (χ0n) is 15.8. The number of fused-ring (bicyclic) bond motifs is 1. The number of aryl methyl sites for hydroxylation is 2. The fourth-order valence-corrected chi connectivity index (χ4v) is 2.58. The van der Waals surface area contributed by atoms with Gasteiger partial charge in [-0.2, -0.15) is 4.57 Å². The van der Waals surface area contributed by atoms with E-state index in [-0.39, 0.29) is 11.9 Å². The van der Waals surface area contributed by atoms with E-state index in [4.69, 9.17) is 16.7 Å². The highest BCUT2D eigenvalue weighted by Gasteiger charge is 2.28. The van der Waals surface area contributed by atoms with Gasteiger partial charge in [-0.25, -0.2) is 0 Å². The number of benzene rings is 1. The SMILES string of the molecule is CC.CC.CO.Cc1ccc(C2CC(=O)N2)c2cc(Cl)[n+](C)cc12. The molecule has 1 aromatic carbocycles. The lowest BCUT2D eigenvalue weighted by Crippen LogP contribution is -2.41. The van der Waals surface area contributed by atoms with Crippen LogP contribution in [0.25, 0.3) is 10.8 Å². The quantitative estimate of drug-likeness (QED) is 0.465. The number of β-lactam (4-membered cyclic amide) rings is 1. The summed E-state index contributed by atoms with van der Waals surface area (Å²) in [6, 6.07) is 6.28. The van der Waals surface area contributed by atoms with Gasteiger partial charge in [-0.1, -0.05) is 39.8 Å². The van der Waals surface area contributed by atoms with Crippen LogP contribution in [0.4, 0.5) is 0 Å². The van der Waals surface area contributed by atoms with Gasteiger partial charge >= 0.3 is 0 Å². The zero-order valence-corrected chi connectivity index (χ0v) is 16.5. The Bertz CT molecular complexity index is 664. The molecule has 2 N–H and O–H groups in total. The van der Waals surface area contributed by atoms with Gasteiger partial charge in [0, 0.05) is 23.9 Å². The number of amides is 1. The third kappa shape index (κ3) is 4.92. The number of aromatic nitrogens is 1. The van der Waals surface area contributed by atoms with E-state index in [0.717, 1.165) is 18.1 Å². The molecule has 0 saturated carbocycles. The predicted octanol–water partition coefficient (Wildman–Crippen LogP) is 3.85. The summed E-state index contributed by atoms with van der Waals surface area (Å²) in [5.41, 5.74) is 2.37. The average molecular weight is 354 g/mol. The van der Waals surface area contributed by atoms with Crippen molar-refractivity contribution in [3.05, 3.63) is 40.7 Å². The van der Waals surface area contributed by atoms with Crippen molar-refractivity contribution in [2.75, 3.05) is 7.11 Å². The maximum Gasteiger partial charge on any atom is 0.275 e. The number of aliphatic hydroxyl groups excluding tert-OH is 1. The van der Waals surface area contributed by atoms with E-state index in [1.807, 2.05) is 51.6 Å². The molecule has 24 heavy (non-hydrogen) atoms. The molecule has 2 heterocycles. The molecule has 0 spiro atoms. The molecule has 1 aliphatic rings. The van der Waals surface area contributed by atoms with Crippen molar-refractivity contribution in [1.82, 2.24) is 5.32 Å². The summed E-state index contributed by atoms with van der Waals surface area (Å²) in [6.07, 6.45) is 2.60. The lowest BCUT2D eigenvalue weighted by Gasteiger charge is -2.28. The Labute approximate surface area is 150 Å². The molecule has 1 aliphatic heterocycles. The van der Waals surface area contributed by atoms with E-state index < -0.39 is 0 Å². The topological polar surface area (TPSA) is 53.2 Å². The number of carbonyl (C=O) groups excluding carboxylic acids is 1. The summed E-state index contributed by atoms with van der Waals surface area (Å²) < 4.78 is 1.90. The summed E-state index contributed by atoms with van der Waals surface area (Å²) in [4.78, 5) is 11.1. The van der Waals surface area contributed by atoms with Gasteiger partial charge in [-0.05, 0) is 29.7 Å². The maximum atomic E-state index is 11.1. The van der Waals surface area contributed by atoms with Crippen LogP contribution in [0, 0.1) is 6.92 Å². The van der Waals surface area contributed by atoms with Crippen LogP contribution in [0.5, 0.6) is 0 Å². The number of pyridine rings is 1. The van der Waals surface area contributed by atoms with Crippen LogP contribution >= 0.6 is 11.6 Å². The van der Waals surface area contributed by atoms with Gasteiger partial charge in [0.05, 0.1) is 12.5 Å². The third-order valence-electron chi connectivity index (χ3n) is 3.56. The van der Waals surface area contributed by atoms with Gasteiger partial charge in [0.25, 0.3) is 5.15 Å². The molecule has 1 atom stereocenters. The molecule has 1 saturated heterocycles. The second kappa shape index (κ2) is 11.0. The number of hydrogen-bond acceptors (Lipinski definition) is 2. The number of rotatable bonds is 1. The van der Waals surface area contributed by atoms with Gasteiger partial charge in [-0.15, -0.1) is 0 Å². The van der Waals surface area contributed by atoms with Gasteiger partial charge in [-0.3, -0.25) is 4.79 Å². The third-order valence-corrected chi connectivity index (χ3v) is 3.94. The highest BCUT2D eigenvalue weighted by Crippen LogP contribution is 2.32. The largest absolute Gasteiger partial charge is 0.400 e. The van der Waals surface area contributed by atoms with Crippen LogP contribution in [0.3, 0.4) is 0 Å². The van der Waals surface area contributed by atoms with Crippen molar-refractivity contribution in [2.45, 2.75) is 47.1 Å². The van der Waals surface area contributed by atoms with E-state index in [1.165, 1.54) is 10.9 Å². The zero-order chi connectivity index (χ0) is 18.9. The van der Waals surface area contributed by atoms with E-state index in [9.17, 15) is 4.79 Å². The number of nitrogens with zero attached hydrogens (tertiary/aromatic N) is 1. The van der Waals surface area contributed by atoms with Crippen LogP contribution in [0.15, 0.2) is 24.4 Å². The first-order valence-electron chi connectivity index (χ1n) is 8.39. The van der Waals surface area contributed by atoms with Gasteiger partial charge in [0.2, 0.25) is 5.91 Å². The van der Waals surface area contributed by atoms with E-state index in [1.54, 1.807) is 0 Å². The summed E-state index contributed by atoms with van der Waals surface area (Å²) in [5, 5.41) is 12.9. The Morgan fingerprint density at radius 2 is 1.71 bits per heavy atom. The minimum absolute atomic E-state index is 0.112. The Morgan fingerprint density at radius 1 is 1.17 bits per heavy atom. The summed E-state index contributed by atoms with van der Waals surface area (Å²) in [5.74, 6) is 0.112. The van der Waals surface area contributed by atoms with Crippen molar-refractivity contribution in [1.29, 1.82) is 0 Å². The van der Waals surface area contributed by atoms with E-state index in [2.05, 4.69) is 24.4 Å². The smallest absolute Gasteiger partial charge is 0.275 e. The van der Waals surface area contributed by atoms with Gasteiger partial charge in [0.15, 0.2) is 6.20 Å². The molecule has 1 amide bonds. The number of carbonyl (C=O) groups is 1. The molecular weight excluding hydrogens is 324 g/mol. The number of nitrogens with one attached hydrogen (secondary N) is 1. The summed E-state index contributed by atoms with van der Waals surface area (Å²) in [7, 11) is 2.93. The first-order valence-corrected chi connectivity index (χ1v) is 8.76. The highest BCUT2D eigenvalue weighted by molar-refractivity contribution is 6.29. The second-order valence-electron chi connectivity index (χ2n) is 4.83. The normalized spacial score (nSPS) is 14.7. The van der Waals surface area contributed by atoms with Crippen molar-refractivity contribution in [2.24, 2.45) is 7.05 Å². The molecule has 0 radical (unpaired) electrons. The Kier molecular flexibility index (Phi) is 10.2. The molecule has 0 aliphatic carbocycles. The average Bonchev–Trinajstić information content (AvgIpc) is 2.60. The fraction of sp³-hybridized carbons (Fsp3) is 0.474. The number of aliphatic hydroxyl groups is 1. The lowest BCUT2D eigenvalue weighted by atomic mass is 9.91. The van der Waals surface area contributed by atoms with E-state index in [0.29, 0.717) is 11.6 Å². The summed E-state index contributed by atoms with van der Waals surface area (Å²) >= 11 is 6.18. The second-order valence-corrected chi connectivity index (χ2v) is 5.22. The number of halogens is 1. The first-order chi connectivity index (χ1) is 11.6. The summed E-state index contributed by atoms with van der Waals surface area (Å²) in [6.45, 7) is 10.1. The monoisotopic (exact) mass is 353 g/mol. The van der Waals surface area contributed by atoms with Crippen LogP contribution in [-0.4, -0.2) is 18.1 Å². The molecule has 2 aromatic rings. The predicted molar refractivity (Wildman–Crippen MR) is 101 cm³/mol. The maximum absolute atomic E-state index is 11.1. The molecule has 3 rings (SSSR count). The molecule has 5 heteroatoms. The minimum atomic E-state index is 0.112. The van der Waals surface area contributed by atoms with Crippen LogP contribution in [0.1, 0.15) is 51.3 Å². The number of hydrogen-bond donors (Lipinski definition) is 2. The Hall–Kier alpha value is -1.65. The molecular formula is C19H30ClN2O2+. The molecule has 1 unspecified atom stereocenters. The molecule has 1 fully saturated rings. The fourth-order valence-electron chi connectivity index (χ4n) is 2.42. The van der Waals surface area contributed by atoms with Gasteiger partial charge in [0.1, 0.15) is 7.05 Å². The molecule has 134 valence electrons. The highest BCUT2D eigenvalue weighted by atomic mass is 35.5. The first kappa shape index (κ1) is 22.4. The molecule has 0 bridgehead atoms. The Balaban J connectivity index is 0.000000798. The van der Waals surface area contributed by atoms with Crippen molar-refractivity contribution in [3.8, 4) is 0 Å². The van der Waals surface area contributed by atoms with E-state index >= 15 is 0 Å². The van der Waals surface area contributed by atoms with Crippen LogP contribution in [0.2, 0.25) is 5.15 Å². The minimum Gasteiger partial charge on any atom is -0.400 e. The van der Waals surface area contributed by atoms with Crippen LogP contribution < -0.4 is 9.88 Å². The van der Waals surface area contributed by atoms with Gasteiger partial charge < -0.3 is 10.4 Å². The van der Waals surface area contributed by atoms with Crippen molar-refractivity contribution in [3.63, 3.8) is 0 Å². The Morgan fingerprint density at radius 3 is 2.21 bits per heavy atom. The molecule has 1 aromatic heterocycles. The standard InChI is InChI=1S/C14H13ClN2O.2C2H6.CH4O/c1-8-3-4-9(12-6-14(18)16-12)10-5-13(15)17(2)7-11(8)10;3*1-2/h3-5,7,12H,6H2,1-2H3;2*1-2H3;2H,1H3/p+1. The van der Waals surface area contributed by atoms with Crippen molar-refractivity contribution >= 4 is 28.3 Å². The van der Waals surface area contributed by atoms with Crippen molar-refractivity contribution < 1.29 is 14.5 Å². The lowest BCUT2D eigenvalue weighted by molar-refractivity contribution is -0.667. The molecule has 4 nitrogen and oxygen atoms in total. The van der Waals surface area contributed by atoms with Crippen LogP contribution in [-0.2, 0) is 11.8 Å².